The molecule has 1 aromatic carbocycles. The van der Waals surface area contributed by atoms with Gasteiger partial charge in [-0.15, -0.1) is 0 Å². The SMILES string of the molecule is COCCN(c1ccc(Br)cc1N)C(C)COC. The number of nitrogens with zero attached hydrogens (tertiary/aromatic N) is 1. The molecule has 0 saturated heterocycles. The van der Waals surface area contributed by atoms with E-state index in [1.807, 2.05) is 18.2 Å². The van der Waals surface area contributed by atoms with Crippen LogP contribution in [0.1, 0.15) is 6.92 Å². The summed E-state index contributed by atoms with van der Waals surface area (Å²) in [7, 11) is 3.40. The van der Waals surface area contributed by atoms with E-state index in [9.17, 15) is 0 Å². The second-order valence-electron chi connectivity index (χ2n) is 4.19. The van der Waals surface area contributed by atoms with Crippen LogP contribution in [0.3, 0.4) is 0 Å². The van der Waals surface area contributed by atoms with Gasteiger partial charge in [-0.2, -0.15) is 0 Å². The number of hydrogen-bond acceptors (Lipinski definition) is 4. The van der Waals surface area contributed by atoms with Crippen LogP contribution in [0.4, 0.5) is 11.4 Å². The Labute approximate surface area is 117 Å². The van der Waals surface area contributed by atoms with E-state index < -0.39 is 0 Å². The summed E-state index contributed by atoms with van der Waals surface area (Å²) < 4.78 is 11.4. The second-order valence-corrected chi connectivity index (χ2v) is 5.11. The predicted octanol–water partition coefficient (Wildman–Crippen LogP) is 2.52. The monoisotopic (exact) mass is 316 g/mol. The molecule has 0 fully saturated rings. The number of rotatable bonds is 7. The molecule has 0 saturated carbocycles. The Morgan fingerprint density at radius 1 is 1.33 bits per heavy atom. The molecule has 2 N–H and O–H groups in total. The summed E-state index contributed by atoms with van der Waals surface area (Å²) in [5.74, 6) is 0. The molecule has 1 unspecified atom stereocenters. The number of ether oxygens (including phenoxy) is 2. The molecule has 102 valence electrons. The van der Waals surface area contributed by atoms with Gasteiger partial charge in [0, 0.05) is 31.3 Å². The lowest BCUT2D eigenvalue weighted by Crippen LogP contribution is -2.39. The summed E-state index contributed by atoms with van der Waals surface area (Å²) in [5, 5.41) is 0. The number of halogens is 1. The molecule has 0 aliphatic heterocycles. The topological polar surface area (TPSA) is 47.7 Å². The Morgan fingerprint density at radius 2 is 2.06 bits per heavy atom. The average Bonchev–Trinajstić information content (AvgIpc) is 2.32. The van der Waals surface area contributed by atoms with Crippen molar-refractivity contribution in [2.24, 2.45) is 0 Å². The predicted molar refractivity (Wildman–Crippen MR) is 79.1 cm³/mol. The molecule has 18 heavy (non-hydrogen) atoms. The molecule has 5 heteroatoms. The van der Waals surface area contributed by atoms with E-state index >= 15 is 0 Å². The van der Waals surface area contributed by atoms with Crippen molar-refractivity contribution in [1.82, 2.24) is 0 Å². The van der Waals surface area contributed by atoms with Crippen molar-refractivity contribution in [2.45, 2.75) is 13.0 Å². The summed E-state index contributed by atoms with van der Waals surface area (Å²) in [6.45, 7) is 4.20. The third kappa shape index (κ3) is 4.15. The van der Waals surface area contributed by atoms with Crippen molar-refractivity contribution >= 4 is 27.3 Å². The molecule has 4 nitrogen and oxygen atoms in total. The van der Waals surface area contributed by atoms with Crippen LogP contribution in [0.2, 0.25) is 0 Å². The fraction of sp³-hybridized carbons (Fsp3) is 0.538. The molecule has 0 amide bonds. The van der Waals surface area contributed by atoms with Gasteiger partial charge in [-0.1, -0.05) is 15.9 Å². The Balaban J connectivity index is 2.93. The van der Waals surface area contributed by atoms with Crippen LogP contribution in [0.25, 0.3) is 0 Å². The first-order valence-corrected chi connectivity index (χ1v) is 6.69. The maximum Gasteiger partial charge on any atom is 0.0663 e. The number of benzene rings is 1. The molecule has 0 radical (unpaired) electrons. The second kappa shape index (κ2) is 7.61. The fourth-order valence-corrected chi connectivity index (χ4v) is 2.26. The van der Waals surface area contributed by atoms with Gasteiger partial charge in [0.15, 0.2) is 0 Å². The van der Waals surface area contributed by atoms with E-state index in [1.54, 1.807) is 14.2 Å². The normalized spacial score (nSPS) is 12.4. The first-order valence-electron chi connectivity index (χ1n) is 5.89. The molecular weight excluding hydrogens is 296 g/mol. The molecule has 0 aromatic heterocycles. The van der Waals surface area contributed by atoms with Crippen molar-refractivity contribution in [3.63, 3.8) is 0 Å². The minimum atomic E-state index is 0.244. The third-order valence-corrected chi connectivity index (χ3v) is 3.27. The van der Waals surface area contributed by atoms with E-state index in [0.29, 0.717) is 13.2 Å². The maximum atomic E-state index is 6.07. The van der Waals surface area contributed by atoms with Gasteiger partial charge < -0.3 is 20.1 Å². The number of nitrogen functional groups attached to an aromatic ring is 1. The molecule has 1 aromatic rings. The minimum Gasteiger partial charge on any atom is -0.397 e. The Hall–Kier alpha value is -0.780. The van der Waals surface area contributed by atoms with Crippen molar-refractivity contribution in [3.8, 4) is 0 Å². The molecular formula is C13H21BrN2O2. The van der Waals surface area contributed by atoms with Crippen LogP contribution in [0.15, 0.2) is 22.7 Å². The lowest BCUT2D eigenvalue weighted by Gasteiger charge is -2.31. The lowest BCUT2D eigenvalue weighted by molar-refractivity contribution is 0.171. The van der Waals surface area contributed by atoms with E-state index in [-0.39, 0.29) is 6.04 Å². The molecule has 0 spiro atoms. The smallest absolute Gasteiger partial charge is 0.0663 e. The molecule has 0 aliphatic carbocycles. The number of hydrogen-bond donors (Lipinski definition) is 1. The summed E-state index contributed by atoms with van der Waals surface area (Å²) in [6.07, 6.45) is 0. The Kier molecular flexibility index (Phi) is 6.46. The first-order chi connectivity index (χ1) is 8.60. The first kappa shape index (κ1) is 15.3. The van der Waals surface area contributed by atoms with E-state index in [2.05, 4.69) is 27.8 Å². The van der Waals surface area contributed by atoms with Crippen LogP contribution in [-0.4, -0.2) is 40.0 Å². The highest BCUT2D eigenvalue weighted by Crippen LogP contribution is 2.28. The quantitative estimate of drug-likeness (QED) is 0.785. The lowest BCUT2D eigenvalue weighted by atomic mass is 10.2. The van der Waals surface area contributed by atoms with Crippen LogP contribution < -0.4 is 10.6 Å². The van der Waals surface area contributed by atoms with Gasteiger partial charge in [0.25, 0.3) is 0 Å². The zero-order valence-electron chi connectivity index (χ0n) is 11.1. The van der Waals surface area contributed by atoms with Gasteiger partial charge in [0.05, 0.1) is 24.6 Å². The van der Waals surface area contributed by atoms with Crippen molar-refractivity contribution in [2.75, 3.05) is 44.6 Å². The maximum absolute atomic E-state index is 6.07. The van der Waals surface area contributed by atoms with Gasteiger partial charge in [-0.05, 0) is 25.1 Å². The third-order valence-electron chi connectivity index (χ3n) is 2.78. The van der Waals surface area contributed by atoms with Gasteiger partial charge >= 0.3 is 0 Å². The summed E-state index contributed by atoms with van der Waals surface area (Å²) in [4.78, 5) is 2.20. The van der Waals surface area contributed by atoms with Gasteiger partial charge in [-0.25, -0.2) is 0 Å². The van der Waals surface area contributed by atoms with Crippen molar-refractivity contribution in [3.05, 3.63) is 22.7 Å². The highest BCUT2D eigenvalue weighted by Gasteiger charge is 2.16. The average molecular weight is 317 g/mol. The zero-order valence-corrected chi connectivity index (χ0v) is 12.7. The highest BCUT2D eigenvalue weighted by molar-refractivity contribution is 9.10. The molecule has 0 bridgehead atoms. The fourth-order valence-electron chi connectivity index (χ4n) is 1.89. The summed E-state index contributed by atoms with van der Waals surface area (Å²) >= 11 is 3.42. The molecule has 0 aliphatic rings. The molecule has 1 rings (SSSR count). The highest BCUT2D eigenvalue weighted by atomic mass is 79.9. The minimum absolute atomic E-state index is 0.244. The van der Waals surface area contributed by atoms with E-state index in [1.165, 1.54) is 0 Å². The number of nitrogens with two attached hydrogens (primary N) is 1. The standard InChI is InChI=1S/C13H21BrN2O2/c1-10(9-18-3)16(6-7-17-2)13-5-4-11(14)8-12(13)15/h4-5,8,10H,6-7,9,15H2,1-3H3. The van der Waals surface area contributed by atoms with Crippen LogP contribution in [-0.2, 0) is 9.47 Å². The molecule has 1 atom stereocenters. The Morgan fingerprint density at radius 3 is 2.61 bits per heavy atom. The van der Waals surface area contributed by atoms with E-state index in [0.717, 1.165) is 22.4 Å². The van der Waals surface area contributed by atoms with E-state index in [4.69, 9.17) is 15.2 Å². The summed E-state index contributed by atoms with van der Waals surface area (Å²) in [6, 6.07) is 6.16. The van der Waals surface area contributed by atoms with Crippen LogP contribution >= 0.6 is 15.9 Å². The van der Waals surface area contributed by atoms with Crippen molar-refractivity contribution in [1.29, 1.82) is 0 Å². The largest absolute Gasteiger partial charge is 0.397 e. The van der Waals surface area contributed by atoms with Crippen molar-refractivity contribution < 1.29 is 9.47 Å². The number of methoxy groups -OCH3 is 2. The van der Waals surface area contributed by atoms with Gasteiger partial charge in [-0.3, -0.25) is 0 Å². The summed E-state index contributed by atoms with van der Waals surface area (Å²) in [5.41, 5.74) is 7.84. The van der Waals surface area contributed by atoms with Gasteiger partial charge in [0.2, 0.25) is 0 Å². The van der Waals surface area contributed by atoms with Crippen LogP contribution in [0.5, 0.6) is 0 Å². The van der Waals surface area contributed by atoms with Crippen LogP contribution in [0, 0.1) is 0 Å². The zero-order chi connectivity index (χ0) is 13.5. The number of anilines is 2. The molecule has 0 heterocycles. The Bertz CT molecular complexity index is 374. The van der Waals surface area contributed by atoms with Gasteiger partial charge in [0.1, 0.15) is 0 Å².